The Labute approximate surface area is 151 Å². The minimum Gasteiger partial charge on any atom is -0.485 e. The molecule has 0 aliphatic heterocycles. The number of rotatable bonds is 4. The third kappa shape index (κ3) is 3.91. The van der Waals surface area contributed by atoms with Gasteiger partial charge in [-0.25, -0.2) is 0 Å². The molecule has 1 aliphatic carbocycles. The topological polar surface area (TPSA) is 18.5 Å². The predicted molar refractivity (Wildman–Crippen MR) is 101 cm³/mol. The zero-order valence-corrected chi connectivity index (χ0v) is 15.5. The summed E-state index contributed by atoms with van der Waals surface area (Å²) in [5.74, 6) is 1.87. The number of hydrogen-bond donors (Lipinski definition) is 0. The Morgan fingerprint density at radius 3 is 1.57 bits per heavy atom. The molecule has 2 aromatic rings. The second-order valence-corrected chi connectivity index (χ2v) is 7.12. The van der Waals surface area contributed by atoms with E-state index in [-0.39, 0.29) is 12.2 Å². The summed E-state index contributed by atoms with van der Waals surface area (Å²) in [6.45, 7) is 0. The van der Waals surface area contributed by atoms with Gasteiger partial charge in [0.2, 0.25) is 0 Å². The highest BCUT2D eigenvalue weighted by Crippen LogP contribution is 2.27. The highest BCUT2D eigenvalue weighted by Gasteiger charge is 2.22. The Hall–Kier alpha value is -0.760. The van der Waals surface area contributed by atoms with Crippen LogP contribution in [0.2, 0.25) is 0 Å². The van der Waals surface area contributed by atoms with E-state index < -0.39 is 0 Å². The number of halogens is 2. The van der Waals surface area contributed by atoms with Gasteiger partial charge in [0, 0.05) is 6.42 Å². The van der Waals surface area contributed by atoms with Gasteiger partial charge in [0.25, 0.3) is 0 Å². The van der Waals surface area contributed by atoms with Gasteiger partial charge in [-0.2, -0.15) is 0 Å². The van der Waals surface area contributed by atoms with Crippen LogP contribution >= 0.6 is 45.2 Å². The van der Waals surface area contributed by atoms with E-state index >= 15 is 0 Å². The average molecular weight is 504 g/mol. The van der Waals surface area contributed by atoms with Crippen molar-refractivity contribution in [1.29, 1.82) is 0 Å². The molecule has 0 aromatic heterocycles. The summed E-state index contributed by atoms with van der Waals surface area (Å²) in [5, 5.41) is 0. The first-order valence-electron chi connectivity index (χ1n) is 6.73. The zero-order valence-electron chi connectivity index (χ0n) is 11.2. The van der Waals surface area contributed by atoms with Crippen molar-refractivity contribution in [2.75, 3.05) is 0 Å². The third-order valence-electron chi connectivity index (χ3n) is 3.24. The molecule has 21 heavy (non-hydrogen) atoms. The van der Waals surface area contributed by atoms with Crippen LogP contribution in [0.15, 0.2) is 60.7 Å². The molecule has 0 saturated heterocycles. The normalized spacial score (nSPS) is 20.5. The minimum atomic E-state index is 0.0762. The quantitative estimate of drug-likeness (QED) is 0.429. The zero-order chi connectivity index (χ0) is 14.7. The molecule has 1 aliphatic rings. The van der Waals surface area contributed by atoms with Gasteiger partial charge in [-0.05, 0) is 81.6 Å². The molecule has 0 radical (unpaired) electrons. The maximum atomic E-state index is 6.03. The maximum absolute atomic E-state index is 6.03. The lowest BCUT2D eigenvalue weighted by molar-refractivity contribution is 0.179. The molecule has 2 nitrogen and oxygen atoms in total. The van der Waals surface area contributed by atoms with E-state index in [2.05, 4.69) is 69.5 Å². The van der Waals surface area contributed by atoms with Crippen LogP contribution in [0, 0.1) is 7.14 Å². The fourth-order valence-corrected chi connectivity index (χ4v) is 3.24. The standard InChI is InChI=1S/C17H14I2O2/c18-14-5-1-3-7-16(14)20-12-9-10-13(11-12)21-17-8-4-2-6-15(17)19/h1-10,12-13H,11H2/t12-,13+. The SMILES string of the molecule is Ic1ccccc1O[C@@H]1C=C[C@H](Oc2ccccc2I)C1. The Morgan fingerprint density at radius 1 is 0.714 bits per heavy atom. The van der Waals surface area contributed by atoms with E-state index in [1.165, 1.54) is 0 Å². The van der Waals surface area contributed by atoms with Crippen LogP contribution in [0.3, 0.4) is 0 Å². The highest BCUT2D eigenvalue weighted by molar-refractivity contribution is 14.1. The summed E-state index contributed by atoms with van der Waals surface area (Å²) in [6, 6.07) is 16.1. The van der Waals surface area contributed by atoms with Crippen molar-refractivity contribution in [3.63, 3.8) is 0 Å². The van der Waals surface area contributed by atoms with Crippen LogP contribution in [0.1, 0.15) is 6.42 Å². The summed E-state index contributed by atoms with van der Waals surface area (Å²) in [7, 11) is 0. The Balaban J connectivity index is 1.61. The maximum Gasteiger partial charge on any atom is 0.133 e. The van der Waals surface area contributed by atoms with E-state index in [1.807, 2.05) is 36.4 Å². The van der Waals surface area contributed by atoms with Crippen molar-refractivity contribution in [2.24, 2.45) is 0 Å². The fraction of sp³-hybridized carbons (Fsp3) is 0.176. The summed E-state index contributed by atoms with van der Waals surface area (Å²) in [4.78, 5) is 0. The lowest BCUT2D eigenvalue weighted by atomic mass is 10.2. The van der Waals surface area contributed by atoms with Gasteiger partial charge < -0.3 is 9.47 Å². The average Bonchev–Trinajstić information content (AvgIpc) is 2.91. The first-order chi connectivity index (χ1) is 10.2. The van der Waals surface area contributed by atoms with Gasteiger partial charge in [-0.3, -0.25) is 0 Å². The van der Waals surface area contributed by atoms with Crippen LogP contribution in [0.25, 0.3) is 0 Å². The van der Waals surface area contributed by atoms with Crippen LogP contribution in [0.5, 0.6) is 11.5 Å². The van der Waals surface area contributed by atoms with E-state index in [0.717, 1.165) is 25.1 Å². The van der Waals surface area contributed by atoms with Crippen molar-refractivity contribution < 1.29 is 9.47 Å². The van der Waals surface area contributed by atoms with Crippen LogP contribution in [0.4, 0.5) is 0 Å². The molecule has 108 valence electrons. The molecule has 0 saturated carbocycles. The molecule has 0 heterocycles. The van der Waals surface area contributed by atoms with E-state index in [1.54, 1.807) is 0 Å². The first kappa shape index (κ1) is 15.1. The minimum absolute atomic E-state index is 0.0762. The van der Waals surface area contributed by atoms with E-state index in [0.29, 0.717) is 0 Å². The van der Waals surface area contributed by atoms with Gasteiger partial charge in [-0.15, -0.1) is 0 Å². The van der Waals surface area contributed by atoms with E-state index in [9.17, 15) is 0 Å². The molecule has 2 aromatic carbocycles. The fourth-order valence-electron chi connectivity index (χ4n) is 2.22. The highest BCUT2D eigenvalue weighted by atomic mass is 127. The lowest BCUT2D eigenvalue weighted by Gasteiger charge is -2.17. The van der Waals surface area contributed by atoms with Crippen molar-refractivity contribution in [3.05, 3.63) is 67.8 Å². The predicted octanol–water partition coefficient (Wildman–Crippen LogP) is 5.05. The van der Waals surface area contributed by atoms with Gasteiger partial charge in [0.15, 0.2) is 0 Å². The third-order valence-corrected chi connectivity index (χ3v) is 5.02. The van der Waals surface area contributed by atoms with Crippen molar-refractivity contribution >= 4 is 45.2 Å². The van der Waals surface area contributed by atoms with Crippen LogP contribution in [-0.4, -0.2) is 12.2 Å². The molecule has 3 rings (SSSR count). The molecule has 2 atom stereocenters. The molecule has 0 spiro atoms. The molecule has 0 unspecified atom stereocenters. The lowest BCUT2D eigenvalue weighted by Crippen LogP contribution is -2.19. The second-order valence-electron chi connectivity index (χ2n) is 4.79. The molecule has 4 heteroatoms. The summed E-state index contributed by atoms with van der Waals surface area (Å²) < 4.78 is 14.3. The molecule has 0 bridgehead atoms. The van der Waals surface area contributed by atoms with Crippen LogP contribution in [-0.2, 0) is 0 Å². The Bertz CT molecular complexity index is 599. The van der Waals surface area contributed by atoms with Gasteiger partial charge >= 0.3 is 0 Å². The van der Waals surface area contributed by atoms with Gasteiger partial charge in [0.05, 0.1) is 7.14 Å². The molecular formula is C17H14I2O2. The molecule has 0 fully saturated rings. The van der Waals surface area contributed by atoms with Gasteiger partial charge in [-0.1, -0.05) is 24.3 Å². The van der Waals surface area contributed by atoms with Crippen LogP contribution < -0.4 is 9.47 Å². The van der Waals surface area contributed by atoms with Crippen molar-refractivity contribution in [1.82, 2.24) is 0 Å². The Morgan fingerprint density at radius 2 is 1.14 bits per heavy atom. The first-order valence-corrected chi connectivity index (χ1v) is 8.89. The summed E-state index contributed by atoms with van der Waals surface area (Å²) in [6.07, 6.45) is 5.17. The number of hydrogen-bond acceptors (Lipinski definition) is 2. The molecule has 0 N–H and O–H groups in total. The summed E-state index contributed by atoms with van der Waals surface area (Å²) >= 11 is 4.59. The van der Waals surface area contributed by atoms with Crippen molar-refractivity contribution in [2.45, 2.75) is 18.6 Å². The molecular weight excluding hydrogens is 490 g/mol. The largest absolute Gasteiger partial charge is 0.485 e. The monoisotopic (exact) mass is 504 g/mol. The van der Waals surface area contributed by atoms with E-state index in [4.69, 9.17) is 9.47 Å². The van der Waals surface area contributed by atoms with Crippen molar-refractivity contribution in [3.8, 4) is 11.5 Å². The summed E-state index contributed by atoms with van der Waals surface area (Å²) in [5.41, 5.74) is 0. The van der Waals surface area contributed by atoms with Gasteiger partial charge in [0.1, 0.15) is 23.7 Å². The second kappa shape index (κ2) is 7.00. The number of para-hydroxylation sites is 2. The smallest absolute Gasteiger partial charge is 0.133 e. The number of benzene rings is 2. The number of ether oxygens (including phenoxy) is 2. The molecule has 0 amide bonds. The Kier molecular flexibility index (Phi) is 5.05.